The number of hydrogen-bond donors (Lipinski definition) is 2. The van der Waals surface area contributed by atoms with Gasteiger partial charge in [-0.25, -0.2) is 4.98 Å². The molecule has 1 saturated heterocycles. The van der Waals surface area contributed by atoms with Crippen LogP contribution in [-0.2, 0) is 9.59 Å². The van der Waals surface area contributed by atoms with Crippen molar-refractivity contribution in [3.8, 4) is 0 Å². The van der Waals surface area contributed by atoms with Gasteiger partial charge in [0.05, 0.1) is 18.3 Å². The van der Waals surface area contributed by atoms with Crippen molar-refractivity contribution in [1.82, 2.24) is 15.2 Å². The minimum atomic E-state index is -0.312. The molecule has 1 aromatic rings. The molecule has 1 fully saturated rings. The van der Waals surface area contributed by atoms with Crippen molar-refractivity contribution in [3.63, 3.8) is 0 Å². The van der Waals surface area contributed by atoms with E-state index >= 15 is 0 Å². The standard InChI is InChI=1S/C16H26N4O2S/c1-4-13(16-18-10(2)11(3)23-16)19-15(22)12-5-7-20(8-6-12)9-14(17)21/h12-13H,4-9H2,1-3H3,(H2,17,21)(H,19,22)/t13-/m1/s1. The van der Waals surface area contributed by atoms with Gasteiger partial charge >= 0.3 is 0 Å². The number of piperidine rings is 1. The molecule has 1 aliphatic rings. The summed E-state index contributed by atoms with van der Waals surface area (Å²) in [7, 11) is 0. The van der Waals surface area contributed by atoms with E-state index in [9.17, 15) is 9.59 Å². The van der Waals surface area contributed by atoms with Gasteiger partial charge in [0.15, 0.2) is 0 Å². The van der Waals surface area contributed by atoms with Crippen LogP contribution >= 0.6 is 11.3 Å². The Balaban J connectivity index is 1.89. The predicted octanol–water partition coefficient (Wildman–Crippen LogP) is 1.52. The highest BCUT2D eigenvalue weighted by molar-refractivity contribution is 7.11. The zero-order valence-electron chi connectivity index (χ0n) is 14.1. The van der Waals surface area contributed by atoms with Crippen LogP contribution in [0.2, 0.25) is 0 Å². The monoisotopic (exact) mass is 338 g/mol. The number of thiazole rings is 1. The van der Waals surface area contributed by atoms with Gasteiger partial charge in [-0.3, -0.25) is 14.5 Å². The topological polar surface area (TPSA) is 88.3 Å². The number of carbonyl (C=O) groups is 2. The smallest absolute Gasteiger partial charge is 0.231 e. The molecule has 6 nitrogen and oxygen atoms in total. The summed E-state index contributed by atoms with van der Waals surface area (Å²) in [6.07, 6.45) is 2.37. The Labute approximate surface area is 141 Å². The van der Waals surface area contributed by atoms with Crippen LogP contribution in [0.5, 0.6) is 0 Å². The van der Waals surface area contributed by atoms with Gasteiger partial charge < -0.3 is 11.1 Å². The zero-order valence-corrected chi connectivity index (χ0v) is 14.9. The lowest BCUT2D eigenvalue weighted by atomic mass is 9.95. The van der Waals surface area contributed by atoms with Gasteiger partial charge in [0, 0.05) is 10.8 Å². The van der Waals surface area contributed by atoms with Crippen LogP contribution in [0.3, 0.4) is 0 Å². The number of aryl methyl sites for hydroxylation is 2. The molecule has 0 radical (unpaired) electrons. The van der Waals surface area contributed by atoms with Crippen LogP contribution in [0.15, 0.2) is 0 Å². The molecule has 1 atom stereocenters. The molecule has 0 saturated carbocycles. The van der Waals surface area contributed by atoms with Crippen molar-refractivity contribution in [2.24, 2.45) is 11.7 Å². The summed E-state index contributed by atoms with van der Waals surface area (Å²) in [5.41, 5.74) is 6.25. The predicted molar refractivity (Wildman–Crippen MR) is 91.1 cm³/mol. The Morgan fingerprint density at radius 1 is 1.39 bits per heavy atom. The fraction of sp³-hybridized carbons (Fsp3) is 0.688. The summed E-state index contributed by atoms with van der Waals surface area (Å²) in [4.78, 5) is 31.2. The maximum Gasteiger partial charge on any atom is 0.231 e. The third-order valence-electron chi connectivity index (χ3n) is 4.41. The number of carbonyl (C=O) groups excluding carboxylic acids is 2. The number of nitrogens with zero attached hydrogens (tertiary/aromatic N) is 2. The normalized spacial score (nSPS) is 17.9. The summed E-state index contributed by atoms with van der Waals surface area (Å²) in [6.45, 7) is 7.88. The number of likely N-dealkylation sites (tertiary alicyclic amines) is 1. The fourth-order valence-corrected chi connectivity index (χ4v) is 3.91. The van der Waals surface area contributed by atoms with E-state index in [1.807, 2.05) is 11.8 Å². The lowest BCUT2D eigenvalue weighted by Crippen LogP contribution is -2.44. The molecule has 3 N–H and O–H groups in total. The molecule has 7 heteroatoms. The van der Waals surface area contributed by atoms with Gasteiger partial charge in [-0.15, -0.1) is 11.3 Å². The molecule has 1 aliphatic heterocycles. The Kier molecular flexibility index (Phi) is 6.12. The summed E-state index contributed by atoms with van der Waals surface area (Å²) >= 11 is 1.66. The molecule has 2 heterocycles. The maximum absolute atomic E-state index is 12.5. The van der Waals surface area contributed by atoms with E-state index in [2.05, 4.69) is 24.1 Å². The minimum Gasteiger partial charge on any atom is -0.369 e. The van der Waals surface area contributed by atoms with E-state index in [1.165, 1.54) is 4.88 Å². The maximum atomic E-state index is 12.5. The number of nitrogens with two attached hydrogens (primary N) is 1. The quantitative estimate of drug-likeness (QED) is 0.823. The molecule has 1 aromatic heterocycles. The number of aromatic nitrogens is 1. The first kappa shape index (κ1) is 17.9. The second-order valence-corrected chi connectivity index (χ2v) is 7.41. The van der Waals surface area contributed by atoms with Crippen molar-refractivity contribution in [2.75, 3.05) is 19.6 Å². The van der Waals surface area contributed by atoms with Gasteiger partial charge in [-0.05, 0) is 46.2 Å². The van der Waals surface area contributed by atoms with Crippen LogP contribution in [0.25, 0.3) is 0 Å². The largest absolute Gasteiger partial charge is 0.369 e. The highest BCUT2D eigenvalue weighted by atomic mass is 32.1. The molecule has 0 spiro atoms. The first-order chi connectivity index (χ1) is 10.9. The van der Waals surface area contributed by atoms with Gasteiger partial charge in [-0.1, -0.05) is 6.92 Å². The number of amides is 2. The van der Waals surface area contributed by atoms with Gasteiger partial charge in [0.25, 0.3) is 0 Å². The Hall–Kier alpha value is -1.47. The average molecular weight is 338 g/mol. The molecule has 2 amide bonds. The van der Waals surface area contributed by atoms with Gasteiger partial charge in [-0.2, -0.15) is 0 Å². The molecule has 0 aliphatic carbocycles. The highest BCUT2D eigenvalue weighted by Gasteiger charge is 2.27. The lowest BCUT2D eigenvalue weighted by molar-refractivity contribution is -0.127. The molecule has 23 heavy (non-hydrogen) atoms. The summed E-state index contributed by atoms with van der Waals surface area (Å²) in [5, 5.41) is 4.14. The number of hydrogen-bond acceptors (Lipinski definition) is 5. The fourth-order valence-electron chi connectivity index (χ4n) is 2.85. The SMILES string of the molecule is CC[C@@H](NC(=O)C1CCN(CC(N)=O)CC1)c1nc(C)c(C)s1. The van der Waals surface area contributed by atoms with Crippen molar-refractivity contribution in [1.29, 1.82) is 0 Å². The van der Waals surface area contributed by atoms with E-state index < -0.39 is 0 Å². The second kappa shape index (κ2) is 7.88. The highest BCUT2D eigenvalue weighted by Crippen LogP contribution is 2.26. The summed E-state index contributed by atoms with van der Waals surface area (Å²) in [6, 6.07) is -0.0106. The van der Waals surface area contributed by atoms with Crippen LogP contribution in [-0.4, -0.2) is 41.3 Å². The second-order valence-electron chi connectivity index (χ2n) is 6.18. The minimum absolute atomic E-state index is 0.00957. The molecular formula is C16H26N4O2S. The molecular weight excluding hydrogens is 312 g/mol. The average Bonchev–Trinajstić information content (AvgIpc) is 2.84. The molecule has 128 valence electrons. The van der Waals surface area contributed by atoms with Crippen LogP contribution in [0.1, 0.15) is 47.8 Å². The lowest BCUT2D eigenvalue weighted by Gasteiger charge is -2.31. The first-order valence-electron chi connectivity index (χ1n) is 8.15. The van der Waals surface area contributed by atoms with Gasteiger partial charge in [0.2, 0.25) is 11.8 Å². The molecule has 0 unspecified atom stereocenters. The van der Waals surface area contributed by atoms with Crippen molar-refractivity contribution in [3.05, 3.63) is 15.6 Å². The number of nitrogens with one attached hydrogen (secondary N) is 1. The van der Waals surface area contributed by atoms with Gasteiger partial charge in [0.1, 0.15) is 5.01 Å². The third-order valence-corrected chi connectivity index (χ3v) is 5.59. The van der Waals surface area contributed by atoms with E-state index in [1.54, 1.807) is 11.3 Å². The van der Waals surface area contributed by atoms with Crippen molar-refractivity contribution in [2.45, 2.75) is 46.1 Å². The van der Waals surface area contributed by atoms with Crippen molar-refractivity contribution < 1.29 is 9.59 Å². The number of primary amides is 1. The van der Waals surface area contributed by atoms with Crippen LogP contribution < -0.4 is 11.1 Å². The van der Waals surface area contributed by atoms with E-state index in [-0.39, 0.29) is 30.3 Å². The summed E-state index contributed by atoms with van der Waals surface area (Å²) in [5.74, 6) is -0.204. The van der Waals surface area contributed by atoms with Crippen LogP contribution in [0.4, 0.5) is 0 Å². The summed E-state index contributed by atoms with van der Waals surface area (Å²) < 4.78 is 0. The Morgan fingerprint density at radius 2 is 2.04 bits per heavy atom. The Morgan fingerprint density at radius 3 is 2.52 bits per heavy atom. The van der Waals surface area contributed by atoms with E-state index in [0.717, 1.165) is 43.1 Å². The third kappa shape index (κ3) is 4.75. The number of rotatable bonds is 6. The molecule has 0 bridgehead atoms. The van der Waals surface area contributed by atoms with E-state index in [0.29, 0.717) is 0 Å². The van der Waals surface area contributed by atoms with Crippen LogP contribution in [0, 0.1) is 19.8 Å². The van der Waals surface area contributed by atoms with Crippen molar-refractivity contribution >= 4 is 23.2 Å². The molecule has 0 aromatic carbocycles. The molecule has 2 rings (SSSR count). The van der Waals surface area contributed by atoms with E-state index in [4.69, 9.17) is 5.73 Å². The Bertz CT molecular complexity index is 545. The zero-order chi connectivity index (χ0) is 17.0. The first-order valence-corrected chi connectivity index (χ1v) is 8.97.